The maximum atomic E-state index is 14.4. The highest BCUT2D eigenvalue weighted by Crippen LogP contribution is 2.26. The number of pyridine rings is 1. The van der Waals surface area contributed by atoms with Gasteiger partial charge in [0.1, 0.15) is 11.0 Å². The Hall–Kier alpha value is -4.70. The zero-order valence-corrected chi connectivity index (χ0v) is 32.7. The van der Waals surface area contributed by atoms with Crippen LogP contribution in [0.1, 0.15) is 50.9 Å². The smallest absolute Gasteiger partial charge is 0.321 e. The van der Waals surface area contributed by atoms with E-state index in [1.807, 2.05) is 81.6 Å². The van der Waals surface area contributed by atoms with Crippen molar-refractivity contribution in [2.75, 3.05) is 26.2 Å². The lowest BCUT2D eigenvalue weighted by molar-refractivity contribution is -0.128. The first-order valence-electron chi connectivity index (χ1n) is 18.1. The van der Waals surface area contributed by atoms with Crippen LogP contribution in [-0.4, -0.2) is 105 Å². The van der Waals surface area contributed by atoms with Gasteiger partial charge in [-0.05, 0) is 53.6 Å². The van der Waals surface area contributed by atoms with Gasteiger partial charge in [-0.3, -0.25) is 9.78 Å². The molecule has 1 fully saturated rings. The molecule has 1 saturated heterocycles. The summed E-state index contributed by atoms with van der Waals surface area (Å²) in [4.78, 5) is 40.6. The molecule has 3 heterocycles. The Kier molecular flexibility index (Phi) is 13.9. The SMILES string of the molecule is CC[C@H](C)[C@@H](C(=O)N[C@@H](Cc1ccccc1)[C@H](O)CN(CC(C)C)S(=O)(=O)c1ccc(C=NO)cc1)N1CCN(Cc2csc(-c3ccccn3)n2)C1=O. The Bertz CT molecular complexity index is 1960. The lowest BCUT2D eigenvalue weighted by Gasteiger charge is -2.35. The van der Waals surface area contributed by atoms with Crippen molar-refractivity contribution in [3.63, 3.8) is 0 Å². The number of hydrogen-bond donors (Lipinski definition) is 3. The summed E-state index contributed by atoms with van der Waals surface area (Å²) >= 11 is 1.46. The highest BCUT2D eigenvalue weighted by Gasteiger charge is 2.41. The number of amides is 3. The summed E-state index contributed by atoms with van der Waals surface area (Å²) in [5.74, 6) is -0.695. The van der Waals surface area contributed by atoms with Gasteiger partial charge in [-0.2, -0.15) is 4.31 Å². The van der Waals surface area contributed by atoms with Crippen molar-refractivity contribution in [1.29, 1.82) is 0 Å². The number of aliphatic hydroxyl groups excluding tert-OH is 1. The van der Waals surface area contributed by atoms with Gasteiger partial charge in [0, 0.05) is 37.8 Å². The van der Waals surface area contributed by atoms with Crippen LogP contribution >= 0.6 is 11.3 Å². The number of rotatable bonds is 18. The second-order valence-electron chi connectivity index (χ2n) is 14.0. The van der Waals surface area contributed by atoms with Crippen molar-refractivity contribution >= 4 is 39.5 Å². The molecule has 1 aliphatic rings. The van der Waals surface area contributed by atoms with E-state index in [0.29, 0.717) is 31.6 Å². The first-order valence-corrected chi connectivity index (χ1v) is 20.4. The third-order valence-corrected chi connectivity index (χ3v) is 12.2. The molecule has 0 unspecified atom stereocenters. The lowest BCUT2D eigenvalue weighted by atomic mass is 9.95. The first-order chi connectivity index (χ1) is 25.9. The summed E-state index contributed by atoms with van der Waals surface area (Å²) in [6.07, 6.45) is 2.46. The average molecular weight is 776 g/mol. The van der Waals surface area contributed by atoms with Gasteiger partial charge in [-0.15, -0.1) is 11.3 Å². The number of benzene rings is 2. The summed E-state index contributed by atoms with van der Waals surface area (Å²) in [5, 5.41) is 29.4. The maximum Gasteiger partial charge on any atom is 0.321 e. The van der Waals surface area contributed by atoms with Crippen molar-refractivity contribution in [1.82, 2.24) is 29.4 Å². The van der Waals surface area contributed by atoms with Crippen molar-refractivity contribution in [3.05, 3.63) is 101 Å². The van der Waals surface area contributed by atoms with E-state index in [1.165, 1.54) is 46.1 Å². The highest BCUT2D eigenvalue weighted by atomic mass is 32.2. The Morgan fingerprint density at radius 3 is 2.41 bits per heavy atom. The van der Waals surface area contributed by atoms with Crippen molar-refractivity contribution < 1.29 is 28.3 Å². The van der Waals surface area contributed by atoms with E-state index >= 15 is 0 Å². The summed E-state index contributed by atoms with van der Waals surface area (Å²) in [6.45, 7) is 8.57. The summed E-state index contributed by atoms with van der Waals surface area (Å²) in [7, 11) is -4.07. The average Bonchev–Trinajstić information content (AvgIpc) is 3.78. The molecule has 2 aromatic heterocycles. The van der Waals surface area contributed by atoms with E-state index in [1.54, 1.807) is 16.0 Å². The standard InChI is InChI=1S/C39H49N7O6S2/c1-5-28(4)36(46-20-19-44(39(46)49)24-31-26-53-38(42-31)33-13-9-10-18-40-33)37(48)43-34(21-29-11-7-6-8-12-29)35(47)25-45(23-27(2)3)54(51,52)32-16-14-30(15-17-32)22-41-50/h6-18,22,26-28,34-36,47,50H,5,19-21,23-25H2,1-4H3,(H,43,48)/t28-,34-,35+,36-/m0/s1. The molecule has 4 aromatic rings. The van der Waals surface area contributed by atoms with Crippen LogP contribution in [0.15, 0.2) is 94.4 Å². The third kappa shape index (κ3) is 10.1. The second-order valence-corrected chi connectivity index (χ2v) is 16.8. The van der Waals surface area contributed by atoms with Gasteiger partial charge in [0.05, 0.1) is 41.2 Å². The van der Waals surface area contributed by atoms with Gasteiger partial charge in [-0.1, -0.05) is 87.8 Å². The number of sulfonamides is 1. The van der Waals surface area contributed by atoms with E-state index < -0.39 is 34.1 Å². The molecule has 1 aliphatic heterocycles. The molecular formula is C39H49N7O6S2. The van der Waals surface area contributed by atoms with Crippen LogP contribution in [-0.2, 0) is 27.8 Å². The van der Waals surface area contributed by atoms with E-state index in [2.05, 4.69) is 15.5 Å². The number of nitrogens with zero attached hydrogens (tertiary/aromatic N) is 6. The van der Waals surface area contributed by atoms with Crippen LogP contribution in [0.2, 0.25) is 0 Å². The van der Waals surface area contributed by atoms with Crippen LogP contribution in [0, 0.1) is 11.8 Å². The molecule has 0 aliphatic carbocycles. The van der Waals surface area contributed by atoms with Crippen molar-refractivity contribution in [3.8, 4) is 10.7 Å². The molecule has 54 heavy (non-hydrogen) atoms. The molecule has 15 heteroatoms. The van der Waals surface area contributed by atoms with Crippen LogP contribution in [0.4, 0.5) is 4.79 Å². The number of nitrogens with one attached hydrogen (secondary N) is 1. The van der Waals surface area contributed by atoms with Gasteiger partial charge in [0.25, 0.3) is 0 Å². The molecule has 2 aromatic carbocycles. The Balaban J connectivity index is 1.36. The fourth-order valence-electron chi connectivity index (χ4n) is 6.49. The molecule has 0 saturated carbocycles. The number of thiazole rings is 1. The molecule has 0 radical (unpaired) electrons. The van der Waals surface area contributed by atoms with Crippen molar-refractivity contribution in [2.24, 2.45) is 17.0 Å². The zero-order valence-electron chi connectivity index (χ0n) is 31.0. The van der Waals surface area contributed by atoms with Gasteiger partial charge < -0.3 is 25.4 Å². The Morgan fingerprint density at radius 1 is 1.04 bits per heavy atom. The Labute approximate surface area is 321 Å². The van der Waals surface area contributed by atoms with Crippen molar-refractivity contribution in [2.45, 2.75) is 70.2 Å². The summed E-state index contributed by atoms with van der Waals surface area (Å²) in [5.41, 5.74) is 2.86. The highest BCUT2D eigenvalue weighted by molar-refractivity contribution is 7.89. The van der Waals surface area contributed by atoms with E-state index in [4.69, 9.17) is 10.2 Å². The fraction of sp³-hybridized carbons (Fsp3) is 0.410. The molecule has 3 amide bonds. The second kappa shape index (κ2) is 18.6. The molecule has 13 nitrogen and oxygen atoms in total. The van der Waals surface area contributed by atoms with Crippen LogP contribution in [0.25, 0.3) is 10.7 Å². The van der Waals surface area contributed by atoms with Crippen LogP contribution in [0.5, 0.6) is 0 Å². The number of carbonyl (C=O) groups is 2. The van der Waals surface area contributed by atoms with Crippen LogP contribution < -0.4 is 5.32 Å². The molecular weight excluding hydrogens is 727 g/mol. The zero-order chi connectivity index (χ0) is 38.8. The van der Waals surface area contributed by atoms with Gasteiger partial charge in [0.2, 0.25) is 15.9 Å². The number of carbonyl (C=O) groups excluding carboxylic acids is 2. The monoisotopic (exact) mass is 775 g/mol. The van der Waals surface area contributed by atoms with Gasteiger partial charge in [0.15, 0.2) is 0 Å². The predicted molar refractivity (Wildman–Crippen MR) is 209 cm³/mol. The Morgan fingerprint density at radius 2 is 1.76 bits per heavy atom. The number of hydrogen-bond acceptors (Lipinski definition) is 10. The minimum absolute atomic E-state index is 0.0219. The molecule has 0 bridgehead atoms. The van der Waals surface area contributed by atoms with Crippen LogP contribution in [0.3, 0.4) is 0 Å². The lowest BCUT2D eigenvalue weighted by Crippen LogP contribution is -2.57. The summed E-state index contributed by atoms with van der Waals surface area (Å²) < 4.78 is 29.1. The minimum Gasteiger partial charge on any atom is -0.411 e. The quantitative estimate of drug-likeness (QED) is 0.0713. The predicted octanol–water partition coefficient (Wildman–Crippen LogP) is 5.10. The van der Waals surface area contributed by atoms with Gasteiger partial charge in [-0.25, -0.2) is 18.2 Å². The molecule has 4 atom stereocenters. The number of oxime groups is 1. The molecule has 5 rings (SSSR count). The van der Waals surface area contributed by atoms with E-state index in [9.17, 15) is 23.1 Å². The first kappa shape index (κ1) is 40.5. The molecule has 3 N–H and O–H groups in total. The maximum absolute atomic E-state index is 14.4. The largest absolute Gasteiger partial charge is 0.411 e. The minimum atomic E-state index is -4.07. The topological polar surface area (TPSA) is 169 Å². The number of aromatic nitrogens is 2. The number of aliphatic hydroxyl groups is 1. The number of urea groups is 1. The summed E-state index contributed by atoms with van der Waals surface area (Å²) in [6, 6.07) is 18.9. The van der Waals surface area contributed by atoms with E-state index in [0.717, 1.165) is 22.0 Å². The van der Waals surface area contributed by atoms with E-state index in [-0.39, 0.29) is 42.3 Å². The normalized spacial score (nSPS) is 15.9. The third-order valence-electron chi connectivity index (χ3n) is 9.48. The fourth-order valence-corrected chi connectivity index (χ4v) is 8.90. The molecule has 288 valence electrons. The van der Waals surface area contributed by atoms with Gasteiger partial charge >= 0.3 is 6.03 Å². The molecule has 0 spiro atoms.